The molecular formula is C30H50ClN3O4. The fraction of sp³-hybridized carbons (Fsp3) is 0.733. The molecule has 38 heavy (non-hydrogen) atoms. The third-order valence-corrected chi connectivity index (χ3v) is 8.22. The molecule has 1 saturated heterocycles. The van der Waals surface area contributed by atoms with Crippen molar-refractivity contribution in [3.8, 4) is 0 Å². The van der Waals surface area contributed by atoms with Gasteiger partial charge in [0.2, 0.25) is 0 Å². The molecule has 1 aliphatic carbocycles. The highest BCUT2D eigenvalue weighted by Gasteiger charge is 2.41. The quantitative estimate of drug-likeness (QED) is 0.316. The number of esters is 1. The fourth-order valence-electron chi connectivity index (χ4n) is 5.95. The number of rotatable bonds is 11. The maximum Gasteiger partial charge on any atom is 0.332 e. The highest BCUT2D eigenvalue weighted by Crippen LogP contribution is 2.39. The average Bonchev–Trinajstić information content (AvgIpc) is 2.94. The second-order valence-electron chi connectivity index (χ2n) is 10.7. The summed E-state index contributed by atoms with van der Waals surface area (Å²) in [5.41, 5.74) is 4.63. The number of urea groups is 1. The van der Waals surface area contributed by atoms with Crippen LogP contribution in [0.25, 0.3) is 0 Å². The van der Waals surface area contributed by atoms with E-state index in [2.05, 4.69) is 18.0 Å². The zero-order valence-corrected chi connectivity index (χ0v) is 24.7. The molecule has 0 spiro atoms. The first-order valence-electron chi connectivity index (χ1n) is 14.5. The molecule has 1 aromatic rings. The Kier molecular flexibility index (Phi) is 14.5. The lowest BCUT2D eigenvalue weighted by Crippen LogP contribution is -2.52. The molecule has 0 bridgehead atoms. The van der Waals surface area contributed by atoms with Crippen LogP contribution in [0.2, 0.25) is 5.02 Å². The van der Waals surface area contributed by atoms with E-state index in [1.54, 1.807) is 6.92 Å². The number of hydrogen-bond donors (Lipinski definition) is 2. The minimum atomic E-state index is -0.776. The van der Waals surface area contributed by atoms with E-state index < -0.39 is 5.60 Å². The Bertz CT molecular complexity index is 849. The van der Waals surface area contributed by atoms with E-state index in [0.717, 1.165) is 50.1 Å². The lowest BCUT2D eigenvalue weighted by atomic mass is 9.78. The molecule has 0 aromatic heterocycles. The van der Waals surface area contributed by atoms with Gasteiger partial charge in [-0.15, -0.1) is 0 Å². The van der Waals surface area contributed by atoms with Crippen LogP contribution in [-0.4, -0.2) is 56.3 Å². The third-order valence-electron chi connectivity index (χ3n) is 7.99. The number of benzene rings is 1. The van der Waals surface area contributed by atoms with Gasteiger partial charge in [-0.25, -0.2) is 9.59 Å². The summed E-state index contributed by atoms with van der Waals surface area (Å²) in [7, 11) is 1.50. The lowest BCUT2D eigenvalue weighted by molar-refractivity contribution is -0.161. The summed E-state index contributed by atoms with van der Waals surface area (Å²) < 4.78 is 11.4. The predicted molar refractivity (Wildman–Crippen MR) is 154 cm³/mol. The number of amides is 2. The summed E-state index contributed by atoms with van der Waals surface area (Å²) in [5, 5.41) is 3.99. The highest BCUT2D eigenvalue weighted by molar-refractivity contribution is 6.30. The van der Waals surface area contributed by atoms with E-state index in [1.807, 2.05) is 36.1 Å². The first kappa shape index (κ1) is 32.4. The van der Waals surface area contributed by atoms with Gasteiger partial charge >= 0.3 is 12.0 Å². The summed E-state index contributed by atoms with van der Waals surface area (Å²) in [5.74, 6) is 0.362. The van der Waals surface area contributed by atoms with E-state index in [0.29, 0.717) is 18.2 Å². The van der Waals surface area contributed by atoms with Gasteiger partial charge < -0.3 is 25.4 Å². The van der Waals surface area contributed by atoms with Gasteiger partial charge in [0, 0.05) is 30.1 Å². The Balaban J connectivity index is 0.00000247. The van der Waals surface area contributed by atoms with Crippen LogP contribution in [0.3, 0.4) is 0 Å². The molecule has 216 valence electrons. The Morgan fingerprint density at radius 2 is 1.89 bits per heavy atom. The van der Waals surface area contributed by atoms with E-state index >= 15 is 0 Å². The summed E-state index contributed by atoms with van der Waals surface area (Å²) in [6.45, 7) is 7.45. The molecule has 3 atom stereocenters. The molecule has 1 aliphatic heterocycles. The van der Waals surface area contributed by atoms with Crippen molar-refractivity contribution in [2.45, 2.75) is 96.6 Å². The molecule has 2 fully saturated rings. The summed E-state index contributed by atoms with van der Waals surface area (Å²) in [6, 6.07) is 7.86. The van der Waals surface area contributed by atoms with Crippen LogP contribution in [-0.2, 0) is 19.9 Å². The van der Waals surface area contributed by atoms with Crippen molar-refractivity contribution in [1.29, 1.82) is 0 Å². The van der Waals surface area contributed by atoms with Crippen molar-refractivity contribution in [2.24, 2.45) is 17.6 Å². The normalized spacial score (nSPS) is 20.5. The minimum absolute atomic E-state index is 0.0211. The van der Waals surface area contributed by atoms with Crippen LogP contribution in [0.4, 0.5) is 4.79 Å². The number of halogens is 1. The van der Waals surface area contributed by atoms with Gasteiger partial charge in [-0.3, -0.25) is 0 Å². The van der Waals surface area contributed by atoms with Crippen molar-refractivity contribution in [3.05, 3.63) is 34.9 Å². The Labute approximate surface area is 235 Å². The largest absolute Gasteiger partial charge is 0.464 e. The molecule has 0 radical (unpaired) electrons. The van der Waals surface area contributed by atoms with Crippen LogP contribution in [0.15, 0.2) is 24.3 Å². The van der Waals surface area contributed by atoms with Crippen LogP contribution in [0.1, 0.15) is 90.5 Å². The van der Waals surface area contributed by atoms with E-state index in [9.17, 15) is 9.59 Å². The van der Waals surface area contributed by atoms with E-state index in [-0.39, 0.29) is 30.6 Å². The molecule has 1 heterocycles. The third kappa shape index (κ3) is 9.73. The van der Waals surface area contributed by atoms with Crippen LogP contribution in [0, 0.1) is 11.8 Å². The topological polar surface area (TPSA) is 93.9 Å². The number of nitrogens with two attached hydrogens (primary N) is 1. The summed E-state index contributed by atoms with van der Waals surface area (Å²) >= 11 is 6.33. The van der Waals surface area contributed by atoms with Gasteiger partial charge in [0.05, 0.1) is 12.2 Å². The molecule has 2 aliphatic rings. The number of carbonyl (C=O) groups is 2. The number of carbonyl (C=O) groups excluding carboxylic acids is 2. The van der Waals surface area contributed by atoms with Crippen LogP contribution < -0.4 is 11.1 Å². The number of nitrogens with one attached hydrogen (secondary N) is 1. The van der Waals surface area contributed by atoms with Gasteiger partial charge in [-0.2, -0.15) is 0 Å². The van der Waals surface area contributed by atoms with Gasteiger partial charge in [-0.05, 0) is 70.2 Å². The Hall–Kier alpha value is -1.83. The van der Waals surface area contributed by atoms with Crippen LogP contribution in [0.5, 0.6) is 0 Å². The number of likely N-dealkylation sites (tertiary alicyclic amines) is 1. The molecule has 1 aromatic carbocycles. The van der Waals surface area contributed by atoms with Crippen LogP contribution >= 0.6 is 11.6 Å². The minimum Gasteiger partial charge on any atom is -0.464 e. The molecule has 1 saturated carbocycles. The van der Waals surface area contributed by atoms with E-state index in [4.69, 9.17) is 21.1 Å². The maximum atomic E-state index is 13.4. The molecule has 8 heteroatoms. The fourth-order valence-corrected chi connectivity index (χ4v) is 6.14. The zero-order valence-electron chi connectivity index (χ0n) is 24.0. The molecule has 7 nitrogen and oxygen atoms in total. The smallest absolute Gasteiger partial charge is 0.332 e. The van der Waals surface area contributed by atoms with Gasteiger partial charge in [0.1, 0.15) is 6.61 Å². The second-order valence-corrected chi connectivity index (χ2v) is 11.1. The summed E-state index contributed by atoms with van der Waals surface area (Å²) in [6.07, 6.45) is 11.5. The predicted octanol–water partition coefficient (Wildman–Crippen LogP) is 6.27. The number of nitrogens with zero attached hydrogens (tertiary/aromatic N) is 1. The number of ether oxygens (including phenoxy) is 2. The Morgan fingerprint density at radius 3 is 2.55 bits per heavy atom. The maximum absolute atomic E-state index is 13.4. The Morgan fingerprint density at radius 1 is 1.16 bits per heavy atom. The van der Waals surface area contributed by atoms with Crippen molar-refractivity contribution in [3.63, 3.8) is 0 Å². The van der Waals surface area contributed by atoms with Crippen molar-refractivity contribution in [1.82, 2.24) is 10.2 Å². The average molecular weight is 552 g/mol. The molecule has 3 rings (SSSR count). The van der Waals surface area contributed by atoms with Gasteiger partial charge in [-0.1, -0.05) is 69.2 Å². The van der Waals surface area contributed by atoms with Crippen molar-refractivity contribution >= 4 is 23.6 Å². The molecule has 2 amide bonds. The van der Waals surface area contributed by atoms with Gasteiger partial charge in [0.15, 0.2) is 0 Å². The first-order valence-corrected chi connectivity index (χ1v) is 14.9. The monoisotopic (exact) mass is 551 g/mol. The summed E-state index contributed by atoms with van der Waals surface area (Å²) in [4.78, 5) is 27.5. The number of piperidine rings is 1. The van der Waals surface area contributed by atoms with Crippen molar-refractivity contribution < 1.29 is 19.1 Å². The number of hydrogen-bond acceptors (Lipinski definition) is 5. The molecular weight excluding hydrogens is 502 g/mol. The molecule has 0 unspecified atom stereocenters. The van der Waals surface area contributed by atoms with Crippen molar-refractivity contribution in [2.75, 3.05) is 33.4 Å². The molecule has 3 N–H and O–H groups in total. The standard InChI is InChI=1S/C29H45ClN2O4.CH5N/c1-4-11-26(18-22-12-7-6-8-13-22)31-28(34)32-17-10-15-24(20-32)29(3,36-21-27(33)35-5-2)23-14-9-16-25(30)19-23;1-2/h9,14,16,19,22,24,26H,4-8,10-13,15,17-18,20-21H2,1-3H3,(H,31,34);2H2,1H3/t24-,26-,29+;/m1./s1. The highest BCUT2D eigenvalue weighted by atomic mass is 35.5. The van der Waals surface area contributed by atoms with Gasteiger partial charge in [0.25, 0.3) is 0 Å². The first-order chi connectivity index (χ1) is 18.4. The van der Waals surface area contributed by atoms with E-state index in [1.165, 1.54) is 39.2 Å². The lowest BCUT2D eigenvalue weighted by Gasteiger charge is -2.43. The zero-order chi connectivity index (χ0) is 28.0. The second kappa shape index (κ2) is 17.0. The SMILES string of the molecule is CCC[C@H](CC1CCCCC1)NC(=O)N1CCC[C@@H]([C@@](C)(OCC(=O)OCC)c2cccc(Cl)c2)C1.CN.